The third-order valence-electron chi connectivity index (χ3n) is 4.27. The van der Waals surface area contributed by atoms with Crippen LogP contribution >= 0.6 is 0 Å². The van der Waals surface area contributed by atoms with Crippen molar-refractivity contribution in [2.75, 3.05) is 26.2 Å². The van der Waals surface area contributed by atoms with Crippen LogP contribution in [0.3, 0.4) is 0 Å². The number of aromatic nitrogens is 2. The van der Waals surface area contributed by atoms with Gasteiger partial charge in [0.2, 0.25) is 0 Å². The number of carbonyl (C=O) groups excluding carboxylic acids is 2. The molecule has 1 aromatic heterocycles. The summed E-state index contributed by atoms with van der Waals surface area (Å²) in [5.74, 6) is -0.494. The third kappa shape index (κ3) is 3.71. The summed E-state index contributed by atoms with van der Waals surface area (Å²) in [6.07, 6.45) is -1.32. The lowest BCUT2D eigenvalue weighted by molar-refractivity contribution is -0.137. The van der Waals surface area contributed by atoms with Gasteiger partial charge >= 0.3 is 6.18 Å². The van der Waals surface area contributed by atoms with Gasteiger partial charge in [-0.2, -0.15) is 18.3 Å². The van der Waals surface area contributed by atoms with Crippen LogP contribution in [0.25, 0.3) is 0 Å². The summed E-state index contributed by atoms with van der Waals surface area (Å²) in [5, 5.41) is 3.96. The van der Waals surface area contributed by atoms with Crippen molar-refractivity contribution in [3.8, 4) is 0 Å². The zero-order valence-corrected chi connectivity index (χ0v) is 14.0. The summed E-state index contributed by atoms with van der Waals surface area (Å²) >= 11 is 0. The smallest absolute Gasteiger partial charge is 0.335 e. The molecule has 1 aliphatic rings. The second-order valence-corrected chi connectivity index (χ2v) is 6.06. The first-order valence-corrected chi connectivity index (χ1v) is 8.00. The molecule has 9 heteroatoms. The van der Waals surface area contributed by atoms with Crippen molar-refractivity contribution in [2.45, 2.75) is 6.18 Å². The lowest BCUT2D eigenvalue weighted by Gasteiger charge is -2.34. The van der Waals surface area contributed by atoms with Gasteiger partial charge in [-0.1, -0.05) is 0 Å². The van der Waals surface area contributed by atoms with Crippen molar-refractivity contribution in [3.05, 3.63) is 53.3 Å². The van der Waals surface area contributed by atoms with Crippen LogP contribution in [0.4, 0.5) is 13.2 Å². The highest BCUT2D eigenvalue weighted by Gasteiger charge is 2.31. The van der Waals surface area contributed by atoms with Crippen molar-refractivity contribution < 1.29 is 22.8 Å². The maximum absolute atomic E-state index is 12.6. The third-order valence-corrected chi connectivity index (χ3v) is 4.27. The largest absolute Gasteiger partial charge is 0.416 e. The summed E-state index contributed by atoms with van der Waals surface area (Å²) < 4.78 is 39.3. The molecule has 0 N–H and O–H groups in total. The molecule has 1 fully saturated rings. The molecule has 3 rings (SSSR count). The van der Waals surface area contributed by atoms with Crippen molar-refractivity contribution in [1.29, 1.82) is 0 Å². The van der Waals surface area contributed by atoms with Crippen LogP contribution in [0, 0.1) is 0 Å². The average Bonchev–Trinajstić information content (AvgIpc) is 3.06. The fraction of sp³-hybridized carbons (Fsp3) is 0.353. The normalized spacial score (nSPS) is 15.2. The molecule has 2 aromatic rings. The van der Waals surface area contributed by atoms with Crippen molar-refractivity contribution in [3.63, 3.8) is 0 Å². The number of amides is 2. The van der Waals surface area contributed by atoms with Crippen LogP contribution in [-0.4, -0.2) is 57.6 Å². The summed E-state index contributed by atoms with van der Waals surface area (Å²) in [7, 11) is 1.72. The number of nitrogens with zero attached hydrogens (tertiary/aromatic N) is 4. The van der Waals surface area contributed by atoms with Gasteiger partial charge in [-0.25, -0.2) is 0 Å². The highest BCUT2D eigenvalue weighted by atomic mass is 19.4. The summed E-state index contributed by atoms with van der Waals surface area (Å²) in [6.45, 7) is 1.37. The highest BCUT2D eigenvalue weighted by Crippen LogP contribution is 2.29. The van der Waals surface area contributed by atoms with Gasteiger partial charge in [0.25, 0.3) is 11.8 Å². The van der Waals surface area contributed by atoms with Gasteiger partial charge in [-0.3, -0.25) is 14.3 Å². The minimum atomic E-state index is -4.43. The Morgan fingerprint density at radius 2 is 1.42 bits per heavy atom. The first-order valence-electron chi connectivity index (χ1n) is 8.00. The SMILES string of the molecule is Cn1cc(C(=O)N2CCN(C(=O)c3ccc(C(F)(F)F)cc3)CC2)cn1. The predicted octanol–water partition coefficient (Wildman–Crippen LogP) is 2.04. The van der Waals surface area contributed by atoms with Gasteiger partial charge in [0.1, 0.15) is 0 Å². The zero-order chi connectivity index (χ0) is 18.9. The fourth-order valence-electron chi connectivity index (χ4n) is 2.81. The standard InChI is InChI=1S/C17H17F3N4O2/c1-22-11-13(10-21-22)16(26)24-8-6-23(7-9-24)15(25)12-2-4-14(5-3-12)17(18,19)20/h2-5,10-11H,6-9H2,1H3. The van der Waals surface area contributed by atoms with Gasteiger partial charge in [0.15, 0.2) is 0 Å². The first kappa shape index (κ1) is 18.0. The summed E-state index contributed by atoms with van der Waals surface area (Å²) in [5.41, 5.74) is -0.110. The molecule has 0 saturated carbocycles. The molecule has 0 bridgehead atoms. The lowest BCUT2D eigenvalue weighted by Crippen LogP contribution is -2.50. The van der Waals surface area contributed by atoms with Crippen LogP contribution in [-0.2, 0) is 13.2 Å². The molecule has 0 aliphatic carbocycles. The Labute approximate surface area is 147 Å². The van der Waals surface area contributed by atoms with E-state index >= 15 is 0 Å². The maximum atomic E-state index is 12.6. The van der Waals surface area contributed by atoms with E-state index < -0.39 is 11.7 Å². The summed E-state index contributed by atoms with van der Waals surface area (Å²) in [6, 6.07) is 4.15. The molecule has 2 amide bonds. The molecule has 138 valence electrons. The molecule has 2 heterocycles. The molecule has 1 aliphatic heterocycles. The van der Waals surface area contributed by atoms with Crippen LogP contribution < -0.4 is 0 Å². The second-order valence-electron chi connectivity index (χ2n) is 6.06. The second kappa shape index (κ2) is 6.81. The van der Waals surface area contributed by atoms with E-state index in [-0.39, 0.29) is 17.4 Å². The monoisotopic (exact) mass is 366 g/mol. The van der Waals surface area contributed by atoms with Crippen LogP contribution in [0.2, 0.25) is 0 Å². The topological polar surface area (TPSA) is 58.4 Å². The Kier molecular flexibility index (Phi) is 4.71. The Morgan fingerprint density at radius 1 is 0.923 bits per heavy atom. The van der Waals surface area contributed by atoms with Gasteiger partial charge in [-0.15, -0.1) is 0 Å². The Bertz CT molecular complexity index is 806. The number of benzene rings is 1. The summed E-state index contributed by atoms with van der Waals surface area (Å²) in [4.78, 5) is 28.0. The van der Waals surface area contributed by atoms with E-state index in [0.29, 0.717) is 31.7 Å². The van der Waals surface area contributed by atoms with Gasteiger partial charge < -0.3 is 9.80 Å². The molecule has 0 unspecified atom stereocenters. The molecular weight excluding hydrogens is 349 g/mol. The number of halogens is 3. The highest BCUT2D eigenvalue weighted by molar-refractivity contribution is 5.95. The molecule has 0 spiro atoms. The average molecular weight is 366 g/mol. The first-order chi connectivity index (χ1) is 12.3. The van der Waals surface area contributed by atoms with E-state index in [0.717, 1.165) is 12.1 Å². The molecule has 26 heavy (non-hydrogen) atoms. The molecule has 0 atom stereocenters. The number of hydrogen-bond donors (Lipinski definition) is 0. The molecule has 0 radical (unpaired) electrons. The van der Waals surface area contributed by atoms with Gasteiger partial charge in [-0.05, 0) is 24.3 Å². The number of rotatable bonds is 2. The Morgan fingerprint density at radius 3 is 1.85 bits per heavy atom. The number of hydrogen-bond acceptors (Lipinski definition) is 3. The number of piperazine rings is 1. The fourth-order valence-corrected chi connectivity index (χ4v) is 2.81. The number of carbonyl (C=O) groups is 2. The molecule has 6 nitrogen and oxygen atoms in total. The maximum Gasteiger partial charge on any atom is 0.416 e. The van der Waals surface area contributed by atoms with E-state index in [1.165, 1.54) is 27.9 Å². The van der Waals surface area contributed by atoms with E-state index in [2.05, 4.69) is 5.10 Å². The van der Waals surface area contributed by atoms with Gasteiger partial charge in [0.05, 0.1) is 17.3 Å². The number of alkyl halides is 3. The zero-order valence-electron chi connectivity index (χ0n) is 14.0. The van der Waals surface area contributed by atoms with Crippen molar-refractivity contribution in [2.24, 2.45) is 7.05 Å². The van der Waals surface area contributed by atoms with Crippen molar-refractivity contribution in [1.82, 2.24) is 19.6 Å². The van der Waals surface area contributed by atoms with E-state index in [9.17, 15) is 22.8 Å². The molecule has 1 aromatic carbocycles. The Balaban J connectivity index is 1.61. The molecule has 1 saturated heterocycles. The van der Waals surface area contributed by atoms with Crippen LogP contribution in [0.1, 0.15) is 26.3 Å². The minimum absolute atomic E-state index is 0.153. The van der Waals surface area contributed by atoms with E-state index in [1.54, 1.807) is 18.1 Å². The quantitative estimate of drug-likeness (QED) is 0.817. The Hall–Kier alpha value is -2.84. The van der Waals surface area contributed by atoms with Gasteiger partial charge in [0, 0.05) is 45.0 Å². The lowest BCUT2D eigenvalue weighted by atomic mass is 10.1. The predicted molar refractivity (Wildman–Crippen MR) is 86.5 cm³/mol. The van der Waals surface area contributed by atoms with E-state index in [4.69, 9.17) is 0 Å². The van der Waals surface area contributed by atoms with Crippen LogP contribution in [0.5, 0.6) is 0 Å². The minimum Gasteiger partial charge on any atom is -0.335 e. The van der Waals surface area contributed by atoms with Crippen LogP contribution in [0.15, 0.2) is 36.7 Å². The van der Waals surface area contributed by atoms with E-state index in [1.807, 2.05) is 0 Å². The number of aryl methyl sites for hydroxylation is 1. The van der Waals surface area contributed by atoms with Crippen molar-refractivity contribution >= 4 is 11.8 Å². The molecular formula is C17H17F3N4O2.